The molecule has 0 spiro atoms. The lowest BCUT2D eigenvalue weighted by molar-refractivity contribution is -0.137. The molecule has 20 heavy (non-hydrogen) atoms. The average Bonchev–Trinajstić information content (AvgIpc) is 2.66. The average molecular weight is 284 g/mol. The van der Waals surface area contributed by atoms with Crippen molar-refractivity contribution in [1.29, 1.82) is 0 Å². The third-order valence-corrected chi connectivity index (χ3v) is 4.14. The Balaban J connectivity index is 2.29. The molecule has 116 valence electrons. The van der Waals surface area contributed by atoms with Gasteiger partial charge in [-0.2, -0.15) is 0 Å². The van der Waals surface area contributed by atoms with Crippen molar-refractivity contribution in [1.82, 2.24) is 10.2 Å². The van der Waals surface area contributed by atoms with E-state index in [0.717, 1.165) is 19.4 Å². The summed E-state index contributed by atoms with van der Waals surface area (Å²) < 4.78 is 0. The zero-order valence-electron chi connectivity index (χ0n) is 13.1. The number of carboxylic acid groups (broad SMARTS) is 1. The summed E-state index contributed by atoms with van der Waals surface area (Å²) in [6, 6.07) is 0.320. The van der Waals surface area contributed by atoms with E-state index in [4.69, 9.17) is 5.11 Å². The van der Waals surface area contributed by atoms with Gasteiger partial charge in [0.25, 0.3) is 0 Å². The Morgan fingerprint density at radius 3 is 2.45 bits per heavy atom. The Bertz CT molecular complexity index is 355. The monoisotopic (exact) mass is 284 g/mol. The van der Waals surface area contributed by atoms with Crippen LogP contribution in [0.1, 0.15) is 53.4 Å². The van der Waals surface area contributed by atoms with Crippen LogP contribution in [0.25, 0.3) is 0 Å². The number of nitrogens with zero attached hydrogens (tertiary/aromatic N) is 1. The van der Waals surface area contributed by atoms with Crippen molar-refractivity contribution in [3.05, 3.63) is 0 Å². The van der Waals surface area contributed by atoms with Gasteiger partial charge in [0.1, 0.15) is 0 Å². The van der Waals surface area contributed by atoms with E-state index in [2.05, 4.69) is 19.2 Å². The van der Waals surface area contributed by atoms with Crippen molar-refractivity contribution >= 4 is 12.0 Å². The van der Waals surface area contributed by atoms with Crippen LogP contribution in [-0.2, 0) is 4.79 Å². The molecule has 5 heteroatoms. The van der Waals surface area contributed by atoms with Gasteiger partial charge in [-0.25, -0.2) is 4.79 Å². The molecule has 0 saturated carbocycles. The molecule has 5 nitrogen and oxygen atoms in total. The molecule has 0 aromatic carbocycles. The van der Waals surface area contributed by atoms with Gasteiger partial charge in [-0.05, 0) is 37.5 Å². The Morgan fingerprint density at radius 1 is 1.30 bits per heavy atom. The van der Waals surface area contributed by atoms with Gasteiger partial charge < -0.3 is 15.3 Å². The molecule has 0 aromatic rings. The van der Waals surface area contributed by atoms with Crippen LogP contribution in [0.3, 0.4) is 0 Å². The van der Waals surface area contributed by atoms with Crippen LogP contribution < -0.4 is 5.32 Å². The van der Waals surface area contributed by atoms with E-state index < -0.39 is 5.97 Å². The maximum absolute atomic E-state index is 12.1. The van der Waals surface area contributed by atoms with Crippen LogP contribution in [0.15, 0.2) is 0 Å². The molecule has 1 aliphatic rings. The third-order valence-electron chi connectivity index (χ3n) is 4.14. The summed E-state index contributed by atoms with van der Waals surface area (Å²) in [6.45, 7) is 9.77. The zero-order valence-corrected chi connectivity index (χ0v) is 13.1. The van der Waals surface area contributed by atoms with Gasteiger partial charge in [-0.1, -0.05) is 20.8 Å². The molecule has 1 aliphatic heterocycles. The van der Waals surface area contributed by atoms with E-state index in [1.54, 1.807) is 0 Å². The molecular formula is C15H28N2O3. The summed E-state index contributed by atoms with van der Waals surface area (Å²) in [5.74, 6) is -0.190. The summed E-state index contributed by atoms with van der Waals surface area (Å²) in [5, 5.41) is 11.7. The normalized spacial score (nSPS) is 22.9. The highest BCUT2D eigenvalue weighted by atomic mass is 16.4. The maximum atomic E-state index is 12.1. The molecule has 0 aromatic heterocycles. The molecule has 0 radical (unpaired) electrons. The van der Waals surface area contributed by atoms with Crippen LogP contribution in [0.2, 0.25) is 0 Å². The maximum Gasteiger partial charge on any atom is 0.317 e. The number of urea groups is 1. The first-order valence-corrected chi connectivity index (χ1v) is 7.47. The zero-order chi connectivity index (χ0) is 15.3. The van der Waals surface area contributed by atoms with E-state index in [1.807, 2.05) is 18.7 Å². The smallest absolute Gasteiger partial charge is 0.317 e. The number of carbonyl (C=O) groups excluding carboxylic acids is 1. The summed E-state index contributed by atoms with van der Waals surface area (Å²) in [5.41, 5.74) is -0.0599. The van der Waals surface area contributed by atoms with Gasteiger partial charge in [-0.15, -0.1) is 0 Å². The number of carbonyl (C=O) groups is 2. The number of likely N-dealkylation sites (tertiary alicyclic amines) is 1. The van der Waals surface area contributed by atoms with Crippen LogP contribution in [-0.4, -0.2) is 41.1 Å². The number of hydrogen-bond acceptors (Lipinski definition) is 2. The topological polar surface area (TPSA) is 69.6 Å². The lowest BCUT2D eigenvalue weighted by atomic mass is 9.84. The molecule has 2 amide bonds. The van der Waals surface area contributed by atoms with Crippen molar-refractivity contribution in [2.24, 2.45) is 11.3 Å². The van der Waals surface area contributed by atoms with Crippen LogP contribution in [0.5, 0.6) is 0 Å². The fourth-order valence-corrected chi connectivity index (χ4v) is 2.76. The number of hydrogen-bond donors (Lipinski definition) is 2. The fraction of sp³-hybridized carbons (Fsp3) is 0.867. The Kier molecular flexibility index (Phi) is 5.84. The molecule has 1 saturated heterocycles. The molecule has 2 unspecified atom stereocenters. The Labute approximate surface area is 121 Å². The van der Waals surface area contributed by atoms with Crippen LogP contribution >= 0.6 is 0 Å². The fourth-order valence-electron chi connectivity index (χ4n) is 2.76. The lowest BCUT2D eigenvalue weighted by Crippen LogP contribution is -2.42. The van der Waals surface area contributed by atoms with Crippen molar-refractivity contribution in [2.45, 2.75) is 59.4 Å². The minimum atomic E-state index is -0.762. The standard InChI is InChI=1S/C15H28N2O3/c1-11-9-12(2)17(10-11)14(20)16-8-7-15(3,4)6-5-13(18)19/h11-12H,5-10H2,1-4H3,(H,16,20)(H,18,19). The quantitative estimate of drug-likeness (QED) is 0.788. The summed E-state index contributed by atoms with van der Waals surface area (Å²) >= 11 is 0. The Hall–Kier alpha value is -1.26. The summed E-state index contributed by atoms with van der Waals surface area (Å²) in [7, 11) is 0. The predicted octanol–water partition coefficient (Wildman–Crippen LogP) is 2.71. The molecule has 2 atom stereocenters. The van der Waals surface area contributed by atoms with Crippen molar-refractivity contribution < 1.29 is 14.7 Å². The van der Waals surface area contributed by atoms with E-state index in [-0.39, 0.29) is 17.9 Å². The van der Waals surface area contributed by atoms with E-state index >= 15 is 0 Å². The van der Waals surface area contributed by atoms with E-state index in [9.17, 15) is 9.59 Å². The van der Waals surface area contributed by atoms with Crippen LogP contribution in [0.4, 0.5) is 4.79 Å². The van der Waals surface area contributed by atoms with Crippen molar-refractivity contribution in [3.8, 4) is 0 Å². The van der Waals surface area contributed by atoms with Crippen LogP contribution in [0, 0.1) is 11.3 Å². The number of nitrogens with one attached hydrogen (secondary N) is 1. The molecule has 1 heterocycles. The van der Waals surface area contributed by atoms with E-state index in [1.165, 1.54) is 0 Å². The lowest BCUT2D eigenvalue weighted by Gasteiger charge is -2.26. The minimum Gasteiger partial charge on any atom is -0.481 e. The number of carboxylic acids is 1. The summed E-state index contributed by atoms with van der Waals surface area (Å²) in [6.07, 6.45) is 2.68. The van der Waals surface area contributed by atoms with Gasteiger partial charge in [0.05, 0.1) is 0 Å². The second kappa shape index (κ2) is 6.95. The first-order valence-electron chi connectivity index (χ1n) is 7.47. The third kappa shape index (κ3) is 5.39. The van der Waals surface area contributed by atoms with Gasteiger partial charge in [0.15, 0.2) is 0 Å². The molecule has 0 bridgehead atoms. The number of rotatable bonds is 6. The molecule has 1 fully saturated rings. The largest absolute Gasteiger partial charge is 0.481 e. The summed E-state index contributed by atoms with van der Waals surface area (Å²) in [4.78, 5) is 24.6. The second-order valence-corrected chi connectivity index (χ2v) is 6.88. The minimum absolute atomic E-state index is 0.0101. The molecule has 1 rings (SSSR count). The van der Waals surface area contributed by atoms with Gasteiger partial charge in [0, 0.05) is 25.6 Å². The van der Waals surface area contributed by atoms with Gasteiger partial charge in [0.2, 0.25) is 0 Å². The highest BCUT2D eigenvalue weighted by Gasteiger charge is 2.30. The first kappa shape index (κ1) is 16.8. The number of amides is 2. The van der Waals surface area contributed by atoms with Crippen molar-refractivity contribution in [2.75, 3.05) is 13.1 Å². The second-order valence-electron chi connectivity index (χ2n) is 6.88. The predicted molar refractivity (Wildman–Crippen MR) is 78.6 cm³/mol. The van der Waals surface area contributed by atoms with Crippen molar-refractivity contribution in [3.63, 3.8) is 0 Å². The molecule has 0 aliphatic carbocycles. The highest BCUT2D eigenvalue weighted by Crippen LogP contribution is 2.26. The Morgan fingerprint density at radius 2 is 1.95 bits per heavy atom. The van der Waals surface area contributed by atoms with E-state index in [0.29, 0.717) is 24.9 Å². The first-order chi connectivity index (χ1) is 9.21. The van der Waals surface area contributed by atoms with Gasteiger partial charge in [-0.3, -0.25) is 4.79 Å². The molecule has 2 N–H and O–H groups in total. The highest BCUT2D eigenvalue weighted by molar-refractivity contribution is 5.74. The van der Waals surface area contributed by atoms with Gasteiger partial charge >= 0.3 is 12.0 Å². The number of aliphatic carboxylic acids is 1. The SMILES string of the molecule is CC1CC(C)N(C(=O)NCCC(C)(C)CCC(=O)O)C1. The molecular weight excluding hydrogens is 256 g/mol.